The molecule has 0 fully saturated rings. The topological polar surface area (TPSA) is 69.6 Å². The quantitative estimate of drug-likeness (QED) is 0.682. The predicted molar refractivity (Wildman–Crippen MR) is 45.4 cm³/mol. The number of hydrogen-bond acceptors (Lipinski definition) is 4. The summed E-state index contributed by atoms with van der Waals surface area (Å²) in [5.74, 6) is 0.804. The van der Waals surface area contributed by atoms with Crippen LogP contribution in [-0.2, 0) is 13.5 Å². The molecule has 1 atom stereocenters. The first kappa shape index (κ1) is 9.12. The predicted octanol–water partition coefficient (Wildman–Crippen LogP) is -0.120. The average Bonchev–Trinajstić information content (AvgIpc) is 2.35. The van der Waals surface area contributed by atoms with Gasteiger partial charge in [0.15, 0.2) is 5.82 Å². The molecule has 0 aromatic carbocycles. The molecule has 1 aromatic heterocycles. The number of nitrogens with zero attached hydrogens (tertiary/aromatic N) is 4. The maximum absolute atomic E-state index is 5.60. The second kappa shape index (κ2) is 4.15. The molecule has 68 valence electrons. The van der Waals surface area contributed by atoms with E-state index in [-0.39, 0.29) is 6.04 Å². The summed E-state index contributed by atoms with van der Waals surface area (Å²) in [6, 6.07) is 0.265. The molecule has 0 aliphatic heterocycles. The van der Waals surface area contributed by atoms with Crippen LogP contribution in [0.25, 0.3) is 0 Å². The summed E-state index contributed by atoms with van der Waals surface area (Å²) in [5, 5.41) is 11.7. The molecule has 0 radical (unpaired) electrons. The van der Waals surface area contributed by atoms with Crippen LogP contribution in [0.4, 0.5) is 0 Å². The summed E-state index contributed by atoms with van der Waals surface area (Å²) in [4.78, 5) is 1.47. The van der Waals surface area contributed by atoms with Crippen LogP contribution in [0.2, 0.25) is 0 Å². The van der Waals surface area contributed by atoms with Crippen LogP contribution in [0, 0.1) is 0 Å². The van der Waals surface area contributed by atoms with Gasteiger partial charge in [-0.3, -0.25) is 0 Å². The van der Waals surface area contributed by atoms with Crippen LogP contribution < -0.4 is 5.73 Å². The summed E-state index contributed by atoms with van der Waals surface area (Å²) in [6.45, 7) is 2.00. The van der Waals surface area contributed by atoms with Crippen LogP contribution in [0.3, 0.4) is 0 Å². The Morgan fingerprint density at radius 2 is 2.33 bits per heavy atom. The van der Waals surface area contributed by atoms with Crippen LogP contribution in [0.5, 0.6) is 0 Å². The van der Waals surface area contributed by atoms with E-state index in [9.17, 15) is 0 Å². The average molecular weight is 169 g/mol. The first-order valence-corrected chi connectivity index (χ1v) is 4.17. The number of tetrazole rings is 1. The molecule has 1 unspecified atom stereocenters. The van der Waals surface area contributed by atoms with E-state index in [4.69, 9.17) is 5.73 Å². The van der Waals surface area contributed by atoms with Crippen LogP contribution in [0.15, 0.2) is 0 Å². The zero-order valence-electron chi connectivity index (χ0n) is 7.56. The highest BCUT2D eigenvalue weighted by molar-refractivity contribution is 4.76. The van der Waals surface area contributed by atoms with Gasteiger partial charge in [0.2, 0.25) is 0 Å². The third-order valence-electron chi connectivity index (χ3n) is 1.61. The van der Waals surface area contributed by atoms with Crippen molar-refractivity contribution < 1.29 is 0 Å². The molecule has 0 amide bonds. The smallest absolute Gasteiger partial charge is 0.174 e. The molecule has 0 aliphatic carbocycles. The number of rotatable bonds is 4. The zero-order chi connectivity index (χ0) is 8.97. The zero-order valence-corrected chi connectivity index (χ0v) is 7.56. The van der Waals surface area contributed by atoms with E-state index < -0.39 is 0 Å². The van der Waals surface area contributed by atoms with Gasteiger partial charge in [-0.2, -0.15) is 4.80 Å². The molecule has 1 rings (SSSR count). The van der Waals surface area contributed by atoms with Gasteiger partial charge in [-0.25, -0.2) is 0 Å². The minimum Gasteiger partial charge on any atom is -0.328 e. The Labute approximate surface area is 71.9 Å². The van der Waals surface area contributed by atoms with E-state index in [2.05, 4.69) is 15.4 Å². The Hall–Kier alpha value is -0.970. The standard InChI is InChI=1S/C7H15N5/c1-6(8)4-3-5-7-9-11-12(2)10-7/h6H,3-5,8H2,1-2H3. The van der Waals surface area contributed by atoms with Crippen molar-refractivity contribution in [1.82, 2.24) is 20.2 Å². The molecule has 5 heteroatoms. The van der Waals surface area contributed by atoms with Crippen molar-refractivity contribution in [2.75, 3.05) is 0 Å². The highest BCUT2D eigenvalue weighted by Gasteiger charge is 2.00. The van der Waals surface area contributed by atoms with E-state index >= 15 is 0 Å². The summed E-state index contributed by atoms with van der Waals surface area (Å²) in [7, 11) is 1.77. The van der Waals surface area contributed by atoms with Gasteiger partial charge in [0, 0.05) is 12.5 Å². The van der Waals surface area contributed by atoms with E-state index in [1.54, 1.807) is 7.05 Å². The third kappa shape index (κ3) is 2.96. The lowest BCUT2D eigenvalue weighted by atomic mass is 10.1. The van der Waals surface area contributed by atoms with Gasteiger partial charge >= 0.3 is 0 Å². The molecular formula is C7H15N5. The Bertz CT molecular complexity index is 229. The van der Waals surface area contributed by atoms with Crippen LogP contribution in [-0.4, -0.2) is 26.2 Å². The minimum absolute atomic E-state index is 0.265. The van der Waals surface area contributed by atoms with Crippen molar-refractivity contribution in [1.29, 1.82) is 0 Å². The Morgan fingerprint density at radius 3 is 2.83 bits per heavy atom. The highest BCUT2D eigenvalue weighted by atomic mass is 15.6. The molecule has 2 N–H and O–H groups in total. The van der Waals surface area contributed by atoms with Crippen LogP contribution in [0.1, 0.15) is 25.6 Å². The van der Waals surface area contributed by atoms with Gasteiger partial charge in [-0.15, -0.1) is 10.2 Å². The van der Waals surface area contributed by atoms with Gasteiger partial charge in [-0.05, 0) is 25.0 Å². The van der Waals surface area contributed by atoms with Crippen molar-refractivity contribution in [2.24, 2.45) is 12.8 Å². The molecule has 5 nitrogen and oxygen atoms in total. The minimum atomic E-state index is 0.265. The maximum Gasteiger partial charge on any atom is 0.174 e. The Morgan fingerprint density at radius 1 is 1.58 bits per heavy atom. The normalized spacial score (nSPS) is 13.2. The Balaban J connectivity index is 2.24. The molecular weight excluding hydrogens is 154 g/mol. The second-order valence-electron chi connectivity index (χ2n) is 3.06. The van der Waals surface area contributed by atoms with Crippen molar-refractivity contribution >= 4 is 0 Å². The van der Waals surface area contributed by atoms with Crippen LogP contribution >= 0.6 is 0 Å². The largest absolute Gasteiger partial charge is 0.328 e. The first-order chi connectivity index (χ1) is 5.68. The van der Waals surface area contributed by atoms with Gasteiger partial charge in [0.1, 0.15) is 0 Å². The number of aryl methyl sites for hydroxylation is 2. The van der Waals surface area contributed by atoms with Crippen molar-refractivity contribution in [3.05, 3.63) is 5.82 Å². The second-order valence-corrected chi connectivity index (χ2v) is 3.06. The summed E-state index contributed by atoms with van der Waals surface area (Å²) in [5.41, 5.74) is 5.60. The molecule has 0 spiro atoms. The monoisotopic (exact) mass is 169 g/mol. The van der Waals surface area contributed by atoms with Crippen molar-refractivity contribution in [3.63, 3.8) is 0 Å². The SMILES string of the molecule is CC(N)CCCc1nnn(C)n1. The lowest BCUT2D eigenvalue weighted by Gasteiger charge is -2.00. The molecule has 1 heterocycles. The molecule has 0 saturated carbocycles. The fourth-order valence-electron chi connectivity index (χ4n) is 1.01. The fourth-order valence-corrected chi connectivity index (χ4v) is 1.01. The van der Waals surface area contributed by atoms with Gasteiger partial charge in [0.05, 0.1) is 7.05 Å². The lowest BCUT2D eigenvalue weighted by molar-refractivity contribution is 0.606. The van der Waals surface area contributed by atoms with E-state index in [1.807, 2.05) is 6.92 Å². The van der Waals surface area contributed by atoms with Gasteiger partial charge in [-0.1, -0.05) is 0 Å². The summed E-state index contributed by atoms with van der Waals surface area (Å²) < 4.78 is 0. The third-order valence-corrected chi connectivity index (χ3v) is 1.61. The number of hydrogen-bond donors (Lipinski definition) is 1. The van der Waals surface area contributed by atoms with Gasteiger partial charge < -0.3 is 5.73 Å². The van der Waals surface area contributed by atoms with Crippen molar-refractivity contribution in [3.8, 4) is 0 Å². The highest BCUT2D eigenvalue weighted by Crippen LogP contribution is 1.99. The van der Waals surface area contributed by atoms with E-state index in [0.717, 1.165) is 25.1 Å². The first-order valence-electron chi connectivity index (χ1n) is 4.17. The molecule has 1 aromatic rings. The van der Waals surface area contributed by atoms with E-state index in [0.29, 0.717) is 0 Å². The maximum atomic E-state index is 5.60. The fraction of sp³-hybridized carbons (Fsp3) is 0.857. The summed E-state index contributed by atoms with van der Waals surface area (Å²) >= 11 is 0. The van der Waals surface area contributed by atoms with Crippen molar-refractivity contribution in [2.45, 2.75) is 32.2 Å². The summed E-state index contributed by atoms with van der Waals surface area (Å²) in [6.07, 6.45) is 2.91. The number of nitrogens with two attached hydrogens (primary N) is 1. The Kier molecular flexibility index (Phi) is 3.16. The lowest BCUT2D eigenvalue weighted by Crippen LogP contribution is -2.14. The van der Waals surface area contributed by atoms with Gasteiger partial charge in [0.25, 0.3) is 0 Å². The molecule has 12 heavy (non-hydrogen) atoms. The molecule has 0 saturated heterocycles. The molecule has 0 bridgehead atoms. The number of aromatic nitrogens is 4. The van der Waals surface area contributed by atoms with E-state index in [1.165, 1.54) is 4.80 Å². The molecule has 0 aliphatic rings.